The van der Waals surface area contributed by atoms with Gasteiger partial charge in [0.05, 0.1) is 0 Å². The molecule has 0 saturated carbocycles. The van der Waals surface area contributed by atoms with Crippen LogP contribution in [0.1, 0.15) is 52.4 Å². The summed E-state index contributed by atoms with van der Waals surface area (Å²) in [7, 11) is 0. The maximum atomic E-state index is 11.1. The van der Waals surface area contributed by atoms with Crippen molar-refractivity contribution in [2.75, 3.05) is 6.54 Å². The molecule has 20 heavy (non-hydrogen) atoms. The average Bonchev–Trinajstić information content (AvgIpc) is 2.44. The lowest BCUT2D eigenvalue weighted by atomic mass is 10.1. The van der Waals surface area contributed by atoms with Gasteiger partial charge in [-0.25, -0.2) is 0 Å². The zero-order valence-electron chi connectivity index (χ0n) is 12.7. The van der Waals surface area contributed by atoms with Crippen LogP contribution in [0.4, 0.5) is 0 Å². The van der Waals surface area contributed by atoms with E-state index in [1.165, 1.54) is 12.8 Å². The van der Waals surface area contributed by atoms with Crippen LogP contribution in [0.25, 0.3) is 0 Å². The Morgan fingerprint density at radius 1 is 1.05 bits per heavy atom. The molecule has 0 bridgehead atoms. The molecule has 2 nitrogen and oxygen atoms in total. The van der Waals surface area contributed by atoms with Gasteiger partial charge in [0, 0.05) is 13.0 Å². The fourth-order valence-electron chi connectivity index (χ4n) is 1.54. The summed E-state index contributed by atoms with van der Waals surface area (Å²) in [6.07, 6.45) is 14.2. The third-order valence-electron chi connectivity index (χ3n) is 2.52. The number of hydrogen-bond acceptors (Lipinski definition) is 1. The molecule has 2 heteroatoms. The maximum Gasteiger partial charge on any atom is 0.243 e. The van der Waals surface area contributed by atoms with Crippen LogP contribution in [0.3, 0.4) is 0 Å². The molecular weight excluding hydrogens is 246 g/mol. The van der Waals surface area contributed by atoms with E-state index in [0.29, 0.717) is 6.54 Å². The Balaban J connectivity index is 3.40. The topological polar surface area (TPSA) is 29.1 Å². The van der Waals surface area contributed by atoms with E-state index in [1.54, 1.807) is 13.0 Å². The van der Waals surface area contributed by atoms with Crippen molar-refractivity contribution in [2.24, 2.45) is 0 Å². The predicted molar refractivity (Wildman–Crippen MR) is 85.9 cm³/mol. The van der Waals surface area contributed by atoms with E-state index in [0.717, 1.165) is 25.7 Å². The van der Waals surface area contributed by atoms with E-state index in [9.17, 15) is 4.79 Å². The minimum Gasteiger partial charge on any atom is -0.353 e. The summed E-state index contributed by atoms with van der Waals surface area (Å²) in [5.74, 6) is 11.2. The first-order valence-corrected chi connectivity index (χ1v) is 7.30. The van der Waals surface area contributed by atoms with Gasteiger partial charge in [-0.05, 0) is 57.4 Å². The van der Waals surface area contributed by atoms with Gasteiger partial charge in [0.2, 0.25) is 5.91 Å². The molecule has 0 atom stereocenters. The second-order valence-corrected chi connectivity index (χ2v) is 4.29. The summed E-state index contributed by atoms with van der Waals surface area (Å²) in [5, 5.41) is 2.73. The lowest BCUT2D eigenvalue weighted by molar-refractivity contribution is -0.116. The van der Waals surface area contributed by atoms with Crippen LogP contribution in [0.2, 0.25) is 0 Å². The maximum absolute atomic E-state index is 11.1. The molecule has 1 amide bonds. The first-order valence-electron chi connectivity index (χ1n) is 7.30. The second kappa shape index (κ2) is 15.1. The van der Waals surface area contributed by atoms with Gasteiger partial charge in [-0.15, -0.1) is 0 Å². The van der Waals surface area contributed by atoms with Crippen LogP contribution in [0.5, 0.6) is 0 Å². The van der Waals surface area contributed by atoms with Crippen LogP contribution in [-0.4, -0.2) is 12.5 Å². The Morgan fingerprint density at radius 2 is 1.80 bits per heavy atom. The van der Waals surface area contributed by atoms with Crippen molar-refractivity contribution in [1.82, 2.24) is 5.32 Å². The molecule has 0 aromatic heterocycles. The number of unbranched alkanes of at least 4 members (excludes halogenated alkanes) is 4. The van der Waals surface area contributed by atoms with E-state index in [-0.39, 0.29) is 5.91 Å². The highest BCUT2D eigenvalue weighted by Gasteiger charge is 1.90. The fraction of sp³-hybridized carbons (Fsp3) is 0.500. The SMILES string of the molecule is CC#CC#CCC=CCCCCCC=CC(=O)NCC. The molecule has 0 unspecified atom stereocenters. The molecule has 108 valence electrons. The Hall–Kier alpha value is -1.93. The first-order chi connectivity index (χ1) is 9.81. The van der Waals surface area contributed by atoms with Gasteiger partial charge in [-0.1, -0.05) is 36.5 Å². The predicted octanol–water partition coefficient (Wildman–Crippen LogP) is 3.60. The van der Waals surface area contributed by atoms with Crippen molar-refractivity contribution in [2.45, 2.75) is 52.4 Å². The van der Waals surface area contributed by atoms with Crippen LogP contribution in [0.15, 0.2) is 24.3 Å². The Bertz CT molecular complexity index is 424. The normalized spacial score (nSPS) is 9.90. The van der Waals surface area contributed by atoms with Crippen molar-refractivity contribution in [3.8, 4) is 23.7 Å². The molecule has 0 aliphatic carbocycles. The third kappa shape index (κ3) is 14.1. The minimum atomic E-state index is 0.00399. The van der Waals surface area contributed by atoms with Crippen LogP contribution in [0, 0.1) is 23.7 Å². The summed E-state index contributed by atoms with van der Waals surface area (Å²) >= 11 is 0. The van der Waals surface area contributed by atoms with Gasteiger partial charge in [-0.3, -0.25) is 4.79 Å². The summed E-state index contributed by atoms with van der Waals surface area (Å²) in [5.41, 5.74) is 0. The van der Waals surface area contributed by atoms with E-state index in [4.69, 9.17) is 0 Å². The average molecular weight is 271 g/mol. The van der Waals surface area contributed by atoms with Crippen LogP contribution in [-0.2, 0) is 4.79 Å². The molecule has 0 fully saturated rings. The Kier molecular flexibility index (Phi) is 13.7. The van der Waals surface area contributed by atoms with Gasteiger partial charge < -0.3 is 5.32 Å². The molecular formula is C18H25NO. The second-order valence-electron chi connectivity index (χ2n) is 4.29. The molecule has 0 heterocycles. The lowest BCUT2D eigenvalue weighted by Gasteiger charge is -1.96. The number of hydrogen-bond donors (Lipinski definition) is 1. The Labute approximate surface area is 123 Å². The van der Waals surface area contributed by atoms with Gasteiger partial charge in [0.1, 0.15) is 0 Å². The number of rotatable bonds is 9. The van der Waals surface area contributed by atoms with Crippen molar-refractivity contribution >= 4 is 5.91 Å². The number of carbonyl (C=O) groups excluding carboxylic acids is 1. The number of carbonyl (C=O) groups is 1. The standard InChI is InChI=1S/C18H25NO/c1-3-5-6-7-8-9-10-11-12-13-14-15-16-17-18(20)19-4-2/h9-10,16-17H,4,8,11-15H2,1-2H3,(H,19,20). The number of nitrogens with one attached hydrogen (secondary N) is 1. The van der Waals surface area contributed by atoms with Gasteiger partial charge in [0.15, 0.2) is 0 Å². The van der Waals surface area contributed by atoms with E-state index < -0.39 is 0 Å². The molecule has 0 aromatic rings. The molecule has 0 radical (unpaired) electrons. The van der Waals surface area contributed by atoms with Crippen LogP contribution < -0.4 is 5.32 Å². The highest BCUT2D eigenvalue weighted by molar-refractivity contribution is 5.87. The van der Waals surface area contributed by atoms with Gasteiger partial charge in [0.25, 0.3) is 0 Å². The minimum absolute atomic E-state index is 0.00399. The van der Waals surface area contributed by atoms with Gasteiger partial charge in [-0.2, -0.15) is 0 Å². The molecule has 0 spiro atoms. The zero-order valence-corrected chi connectivity index (χ0v) is 12.7. The van der Waals surface area contributed by atoms with Crippen LogP contribution >= 0.6 is 0 Å². The van der Waals surface area contributed by atoms with Gasteiger partial charge >= 0.3 is 0 Å². The fourth-order valence-corrected chi connectivity index (χ4v) is 1.54. The number of allylic oxidation sites excluding steroid dienone is 3. The van der Waals surface area contributed by atoms with Crippen molar-refractivity contribution < 1.29 is 4.79 Å². The monoisotopic (exact) mass is 271 g/mol. The van der Waals surface area contributed by atoms with Crippen molar-refractivity contribution in [1.29, 1.82) is 0 Å². The van der Waals surface area contributed by atoms with Crippen molar-refractivity contribution in [3.05, 3.63) is 24.3 Å². The first kappa shape index (κ1) is 18.1. The van der Waals surface area contributed by atoms with E-state index >= 15 is 0 Å². The smallest absolute Gasteiger partial charge is 0.243 e. The number of amides is 1. The molecule has 0 saturated heterocycles. The Morgan fingerprint density at radius 3 is 2.50 bits per heavy atom. The number of likely N-dealkylation sites (N-methyl/N-ethyl adjacent to an activating group) is 1. The lowest BCUT2D eigenvalue weighted by Crippen LogP contribution is -2.19. The summed E-state index contributed by atoms with van der Waals surface area (Å²) < 4.78 is 0. The highest BCUT2D eigenvalue weighted by Crippen LogP contribution is 2.04. The largest absolute Gasteiger partial charge is 0.353 e. The quantitative estimate of drug-likeness (QED) is 0.295. The summed E-state index contributed by atoms with van der Waals surface area (Å²) in [6.45, 7) is 4.39. The molecule has 1 N–H and O–H groups in total. The zero-order chi connectivity index (χ0) is 14.9. The van der Waals surface area contributed by atoms with Crippen molar-refractivity contribution in [3.63, 3.8) is 0 Å². The van der Waals surface area contributed by atoms with E-state index in [1.807, 2.05) is 13.0 Å². The molecule has 0 aliphatic rings. The van der Waals surface area contributed by atoms with E-state index in [2.05, 4.69) is 41.2 Å². The summed E-state index contributed by atoms with van der Waals surface area (Å²) in [6, 6.07) is 0. The molecule has 0 aromatic carbocycles. The highest BCUT2D eigenvalue weighted by atomic mass is 16.1. The molecule has 0 rings (SSSR count). The third-order valence-corrected chi connectivity index (χ3v) is 2.52. The molecule has 0 aliphatic heterocycles. The summed E-state index contributed by atoms with van der Waals surface area (Å²) in [4.78, 5) is 11.1.